The summed E-state index contributed by atoms with van der Waals surface area (Å²) in [6, 6.07) is 20.2. The summed E-state index contributed by atoms with van der Waals surface area (Å²) in [6.45, 7) is 7.14. The van der Waals surface area contributed by atoms with Crippen molar-refractivity contribution in [1.82, 2.24) is 4.90 Å². The molecule has 4 aromatic rings. The second-order valence-corrected chi connectivity index (χ2v) is 9.94. The molecule has 3 aromatic carbocycles. The molecule has 1 aliphatic rings. The Bertz CT molecular complexity index is 1510. The standard InChI is InChI=1S/C31H31NO5/c1-19(2)14-15-36-25-13-11-22(17-26(25)35-4)28-27-29(33)23-16-20(3)10-12-24(23)37-30(27)31(34)32(28)18-21-8-6-5-7-9-21/h5-13,16-17,19,28H,14-15,18H2,1-4H3. The number of hydrogen-bond acceptors (Lipinski definition) is 5. The van der Waals surface area contributed by atoms with E-state index >= 15 is 0 Å². The molecule has 0 radical (unpaired) electrons. The Kier molecular flexibility index (Phi) is 6.74. The number of methoxy groups -OCH3 is 1. The van der Waals surface area contributed by atoms with Crippen molar-refractivity contribution in [1.29, 1.82) is 0 Å². The van der Waals surface area contributed by atoms with Gasteiger partial charge < -0.3 is 18.8 Å². The summed E-state index contributed by atoms with van der Waals surface area (Å²) in [4.78, 5) is 29.2. The molecule has 6 heteroatoms. The Morgan fingerprint density at radius 3 is 2.49 bits per heavy atom. The molecule has 0 aliphatic carbocycles. The van der Waals surface area contributed by atoms with Gasteiger partial charge in [-0.05, 0) is 54.7 Å². The van der Waals surface area contributed by atoms with Crippen LogP contribution < -0.4 is 14.9 Å². The molecule has 5 rings (SSSR count). The average molecular weight is 498 g/mol. The summed E-state index contributed by atoms with van der Waals surface area (Å²) >= 11 is 0. The first-order chi connectivity index (χ1) is 17.9. The van der Waals surface area contributed by atoms with Crippen molar-refractivity contribution in [2.45, 2.75) is 39.8 Å². The van der Waals surface area contributed by atoms with E-state index in [0.29, 0.717) is 47.1 Å². The lowest BCUT2D eigenvalue weighted by Crippen LogP contribution is -2.29. The lowest BCUT2D eigenvalue weighted by atomic mass is 9.97. The van der Waals surface area contributed by atoms with E-state index in [9.17, 15) is 9.59 Å². The molecule has 2 heterocycles. The molecule has 1 atom stereocenters. The highest BCUT2D eigenvalue weighted by atomic mass is 16.5. The largest absolute Gasteiger partial charge is 0.493 e. The number of rotatable bonds is 8. The summed E-state index contributed by atoms with van der Waals surface area (Å²) in [5.74, 6) is 1.50. The van der Waals surface area contributed by atoms with E-state index in [4.69, 9.17) is 13.9 Å². The maximum atomic E-state index is 13.8. The first-order valence-corrected chi connectivity index (χ1v) is 12.6. The Hall–Kier alpha value is -4.06. The van der Waals surface area contributed by atoms with Crippen LogP contribution in [-0.4, -0.2) is 24.5 Å². The van der Waals surface area contributed by atoms with Crippen LogP contribution in [0.5, 0.6) is 11.5 Å². The Labute approximate surface area is 216 Å². The molecule has 37 heavy (non-hydrogen) atoms. The van der Waals surface area contributed by atoms with Gasteiger partial charge in [0, 0.05) is 6.54 Å². The van der Waals surface area contributed by atoms with Gasteiger partial charge in [0.1, 0.15) is 5.58 Å². The summed E-state index contributed by atoms with van der Waals surface area (Å²) in [5, 5.41) is 0.471. The quantitative estimate of drug-likeness (QED) is 0.287. The minimum absolute atomic E-state index is 0.0958. The molecule has 190 valence electrons. The van der Waals surface area contributed by atoms with Gasteiger partial charge in [-0.25, -0.2) is 0 Å². The van der Waals surface area contributed by atoms with Crippen molar-refractivity contribution < 1.29 is 18.7 Å². The van der Waals surface area contributed by atoms with Gasteiger partial charge in [0.2, 0.25) is 5.76 Å². The highest BCUT2D eigenvalue weighted by Crippen LogP contribution is 2.41. The number of carbonyl (C=O) groups excluding carboxylic acids is 1. The Morgan fingerprint density at radius 2 is 1.76 bits per heavy atom. The Balaban J connectivity index is 1.64. The number of fused-ring (bicyclic) bond motifs is 2. The van der Waals surface area contributed by atoms with Gasteiger partial charge in [-0.2, -0.15) is 0 Å². The minimum Gasteiger partial charge on any atom is -0.493 e. The molecule has 1 amide bonds. The van der Waals surface area contributed by atoms with E-state index in [1.165, 1.54) is 0 Å². The van der Waals surface area contributed by atoms with E-state index in [1.807, 2.05) is 67.6 Å². The number of nitrogens with zero attached hydrogens (tertiary/aromatic N) is 1. The van der Waals surface area contributed by atoms with Crippen LogP contribution >= 0.6 is 0 Å². The maximum Gasteiger partial charge on any atom is 0.291 e. The van der Waals surface area contributed by atoms with Crippen LogP contribution in [0.15, 0.2) is 75.9 Å². The highest BCUT2D eigenvalue weighted by Gasteiger charge is 2.43. The van der Waals surface area contributed by atoms with Gasteiger partial charge in [-0.15, -0.1) is 0 Å². The molecule has 0 spiro atoms. The van der Waals surface area contributed by atoms with Crippen LogP contribution in [0.25, 0.3) is 11.0 Å². The van der Waals surface area contributed by atoms with Gasteiger partial charge in [-0.3, -0.25) is 9.59 Å². The summed E-state index contributed by atoms with van der Waals surface area (Å²) in [7, 11) is 1.59. The van der Waals surface area contributed by atoms with Gasteiger partial charge in [0.15, 0.2) is 16.9 Å². The minimum atomic E-state index is -0.623. The third-order valence-electron chi connectivity index (χ3n) is 6.77. The van der Waals surface area contributed by atoms with Crippen LogP contribution in [-0.2, 0) is 6.54 Å². The van der Waals surface area contributed by atoms with Crippen LogP contribution in [0.4, 0.5) is 0 Å². The fraction of sp³-hybridized carbons (Fsp3) is 0.290. The van der Waals surface area contributed by atoms with Crippen LogP contribution in [0.1, 0.15) is 59.1 Å². The van der Waals surface area contributed by atoms with Crippen molar-refractivity contribution >= 4 is 16.9 Å². The smallest absolute Gasteiger partial charge is 0.291 e. The van der Waals surface area contributed by atoms with E-state index < -0.39 is 6.04 Å². The molecule has 0 saturated heterocycles. The molecular formula is C31H31NO5. The summed E-state index contributed by atoms with van der Waals surface area (Å²) in [6.07, 6.45) is 0.924. The third-order valence-corrected chi connectivity index (χ3v) is 6.77. The number of carbonyl (C=O) groups is 1. The van der Waals surface area contributed by atoms with Crippen molar-refractivity contribution in [2.24, 2.45) is 5.92 Å². The number of ether oxygens (including phenoxy) is 2. The summed E-state index contributed by atoms with van der Waals surface area (Å²) < 4.78 is 17.7. The maximum absolute atomic E-state index is 13.8. The average Bonchev–Trinajstić information content (AvgIpc) is 3.16. The Morgan fingerprint density at radius 1 is 0.973 bits per heavy atom. The number of hydrogen-bond donors (Lipinski definition) is 0. The molecule has 1 aliphatic heterocycles. The fourth-order valence-electron chi connectivity index (χ4n) is 4.80. The SMILES string of the molecule is COc1cc(C2c3c(oc4ccc(C)cc4c3=O)C(=O)N2Cc2ccccc2)ccc1OCCC(C)C. The van der Waals surface area contributed by atoms with E-state index in [2.05, 4.69) is 13.8 Å². The van der Waals surface area contributed by atoms with Gasteiger partial charge in [-0.1, -0.05) is 61.9 Å². The predicted molar refractivity (Wildman–Crippen MR) is 143 cm³/mol. The molecule has 6 nitrogen and oxygen atoms in total. The van der Waals surface area contributed by atoms with Crippen molar-refractivity contribution in [3.8, 4) is 11.5 Å². The van der Waals surface area contributed by atoms with Gasteiger partial charge in [0.05, 0.1) is 30.7 Å². The molecule has 1 unspecified atom stereocenters. The summed E-state index contributed by atoms with van der Waals surface area (Å²) in [5.41, 5.74) is 3.25. The second-order valence-electron chi connectivity index (χ2n) is 9.94. The molecule has 0 fully saturated rings. The topological polar surface area (TPSA) is 69.0 Å². The third kappa shape index (κ3) is 4.71. The van der Waals surface area contributed by atoms with Crippen molar-refractivity contribution in [3.63, 3.8) is 0 Å². The van der Waals surface area contributed by atoms with Crippen molar-refractivity contribution in [2.75, 3.05) is 13.7 Å². The van der Waals surface area contributed by atoms with Gasteiger partial charge in [0.25, 0.3) is 5.91 Å². The normalized spacial score (nSPS) is 14.9. The zero-order valence-electron chi connectivity index (χ0n) is 21.6. The first-order valence-electron chi connectivity index (χ1n) is 12.6. The number of aryl methyl sites for hydroxylation is 1. The molecule has 0 N–H and O–H groups in total. The second kappa shape index (κ2) is 10.1. The number of amides is 1. The predicted octanol–water partition coefficient (Wildman–Crippen LogP) is 6.28. The zero-order chi connectivity index (χ0) is 26.1. The van der Waals surface area contributed by atoms with E-state index in [0.717, 1.165) is 23.1 Å². The van der Waals surface area contributed by atoms with Crippen LogP contribution in [0.3, 0.4) is 0 Å². The van der Waals surface area contributed by atoms with Gasteiger partial charge >= 0.3 is 0 Å². The molecule has 0 bridgehead atoms. The monoisotopic (exact) mass is 497 g/mol. The fourth-order valence-corrected chi connectivity index (χ4v) is 4.80. The lowest BCUT2D eigenvalue weighted by molar-refractivity contribution is 0.0714. The van der Waals surface area contributed by atoms with Crippen LogP contribution in [0, 0.1) is 12.8 Å². The highest BCUT2D eigenvalue weighted by molar-refractivity contribution is 5.99. The molecule has 1 aromatic heterocycles. The van der Waals surface area contributed by atoms with E-state index in [1.54, 1.807) is 18.1 Å². The first kappa shape index (κ1) is 24.6. The van der Waals surface area contributed by atoms with Crippen molar-refractivity contribution in [3.05, 3.63) is 105 Å². The number of benzene rings is 3. The zero-order valence-corrected chi connectivity index (χ0v) is 21.6. The molecule has 0 saturated carbocycles. The van der Waals surface area contributed by atoms with Crippen LogP contribution in [0.2, 0.25) is 0 Å². The lowest BCUT2D eigenvalue weighted by Gasteiger charge is -2.26. The van der Waals surface area contributed by atoms with E-state index in [-0.39, 0.29) is 17.1 Å². The molecular weight excluding hydrogens is 466 g/mol.